The van der Waals surface area contributed by atoms with Crippen molar-refractivity contribution in [1.82, 2.24) is 9.97 Å². The lowest BCUT2D eigenvalue weighted by atomic mass is 10.0. The van der Waals surface area contributed by atoms with Gasteiger partial charge in [-0.1, -0.05) is 36.4 Å². The van der Waals surface area contributed by atoms with Crippen LogP contribution in [0.3, 0.4) is 0 Å². The zero-order valence-corrected chi connectivity index (χ0v) is 22.2. The average molecular weight is 522 g/mol. The van der Waals surface area contributed by atoms with Gasteiger partial charge in [0.15, 0.2) is 5.16 Å². The summed E-state index contributed by atoms with van der Waals surface area (Å²) in [7, 11) is 3.28. The third-order valence-corrected chi connectivity index (χ3v) is 7.52. The van der Waals surface area contributed by atoms with Crippen LogP contribution >= 0.6 is 23.4 Å². The van der Waals surface area contributed by atoms with Crippen molar-refractivity contribution >= 4 is 35.0 Å². The van der Waals surface area contributed by atoms with Crippen LogP contribution < -0.4 is 14.8 Å². The molecule has 0 radical (unpaired) electrons. The fraction of sp³-hybridized carbons (Fsp3) is 0.214. The van der Waals surface area contributed by atoms with Crippen molar-refractivity contribution in [1.29, 1.82) is 0 Å². The van der Waals surface area contributed by atoms with Crippen molar-refractivity contribution in [2.24, 2.45) is 0 Å². The molecule has 1 amide bonds. The second kappa shape index (κ2) is 11.5. The molecule has 8 heteroatoms. The molecule has 186 valence electrons. The minimum Gasteiger partial charge on any atom is -0.497 e. The normalized spacial score (nSPS) is 11.7. The van der Waals surface area contributed by atoms with Gasteiger partial charge in [-0.3, -0.25) is 4.79 Å². The molecule has 1 unspecified atom stereocenters. The van der Waals surface area contributed by atoms with Gasteiger partial charge in [0.05, 0.1) is 30.9 Å². The van der Waals surface area contributed by atoms with Crippen LogP contribution in [0.25, 0.3) is 22.5 Å². The van der Waals surface area contributed by atoms with Crippen molar-refractivity contribution in [2.75, 3.05) is 19.5 Å². The number of carbonyl (C=O) groups is 1. The fourth-order valence-electron chi connectivity index (χ4n) is 3.74. The lowest BCUT2D eigenvalue weighted by Crippen LogP contribution is -2.25. The van der Waals surface area contributed by atoms with E-state index in [0.717, 1.165) is 39.6 Å². The number of halogens is 1. The SMILES string of the molecule is CCC(Sc1nc(-c2ccc(OC)cc2)c(-c2ccc(OC)cc2)[nH]1)C(=O)Nc1cccc(Cl)c1C. The largest absolute Gasteiger partial charge is 0.497 e. The first-order chi connectivity index (χ1) is 17.4. The van der Waals surface area contributed by atoms with E-state index < -0.39 is 0 Å². The number of nitrogens with zero attached hydrogens (tertiary/aromatic N) is 1. The molecule has 4 rings (SSSR count). The number of hydrogen-bond acceptors (Lipinski definition) is 5. The Hall–Kier alpha value is -3.42. The van der Waals surface area contributed by atoms with Gasteiger partial charge in [0.2, 0.25) is 5.91 Å². The van der Waals surface area contributed by atoms with Crippen molar-refractivity contribution in [3.8, 4) is 34.0 Å². The van der Waals surface area contributed by atoms with Crippen LogP contribution in [-0.2, 0) is 4.79 Å². The zero-order chi connectivity index (χ0) is 25.7. The van der Waals surface area contributed by atoms with Crippen molar-refractivity contribution in [2.45, 2.75) is 30.7 Å². The summed E-state index contributed by atoms with van der Waals surface area (Å²) in [5.41, 5.74) is 5.13. The Morgan fingerprint density at radius 2 is 1.61 bits per heavy atom. The van der Waals surface area contributed by atoms with Crippen molar-refractivity contribution < 1.29 is 14.3 Å². The van der Waals surface area contributed by atoms with Gasteiger partial charge in [-0.2, -0.15) is 0 Å². The van der Waals surface area contributed by atoms with Gasteiger partial charge in [-0.15, -0.1) is 0 Å². The molecule has 6 nitrogen and oxygen atoms in total. The first-order valence-corrected chi connectivity index (χ1v) is 12.8. The van der Waals surface area contributed by atoms with Crippen molar-refractivity contribution in [3.63, 3.8) is 0 Å². The maximum absolute atomic E-state index is 13.1. The van der Waals surface area contributed by atoms with Gasteiger partial charge < -0.3 is 19.8 Å². The summed E-state index contributed by atoms with van der Waals surface area (Å²) >= 11 is 7.63. The van der Waals surface area contributed by atoms with Crippen LogP contribution in [0, 0.1) is 6.92 Å². The van der Waals surface area contributed by atoms with Crippen LogP contribution in [0.2, 0.25) is 5.02 Å². The number of thioether (sulfide) groups is 1. The first-order valence-electron chi connectivity index (χ1n) is 11.5. The molecule has 3 aromatic carbocycles. The van der Waals surface area contributed by atoms with Crippen molar-refractivity contribution in [3.05, 3.63) is 77.3 Å². The molecular weight excluding hydrogens is 494 g/mol. The van der Waals surface area contributed by atoms with E-state index in [0.29, 0.717) is 22.3 Å². The number of aromatic nitrogens is 2. The summed E-state index contributed by atoms with van der Waals surface area (Å²) in [6.07, 6.45) is 0.631. The molecule has 1 heterocycles. The van der Waals surface area contributed by atoms with Crippen LogP contribution in [-0.4, -0.2) is 35.3 Å². The predicted molar refractivity (Wildman–Crippen MR) is 147 cm³/mol. The van der Waals surface area contributed by atoms with E-state index in [9.17, 15) is 4.79 Å². The summed E-state index contributed by atoms with van der Waals surface area (Å²) in [6, 6.07) is 21.1. The summed E-state index contributed by atoms with van der Waals surface area (Å²) in [6.45, 7) is 3.88. The topological polar surface area (TPSA) is 76.2 Å². The smallest absolute Gasteiger partial charge is 0.237 e. The molecule has 0 bridgehead atoms. The van der Waals surface area contributed by atoms with Crippen LogP contribution in [0.1, 0.15) is 18.9 Å². The fourth-order valence-corrected chi connectivity index (χ4v) is 4.83. The molecule has 0 aliphatic carbocycles. The van der Waals surface area contributed by atoms with E-state index in [4.69, 9.17) is 26.1 Å². The molecular formula is C28H28ClN3O3S. The third kappa shape index (κ3) is 5.69. The van der Waals surface area contributed by atoms with Gasteiger partial charge >= 0.3 is 0 Å². The number of amides is 1. The molecule has 0 aliphatic rings. The van der Waals surface area contributed by atoms with Crippen LogP contribution in [0.4, 0.5) is 5.69 Å². The number of nitrogens with one attached hydrogen (secondary N) is 2. The number of hydrogen-bond donors (Lipinski definition) is 2. The molecule has 4 aromatic rings. The van der Waals surface area contributed by atoms with Crippen LogP contribution in [0.15, 0.2) is 71.9 Å². The number of imidazole rings is 1. The number of carbonyl (C=O) groups excluding carboxylic acids is 1. The third-order valence-electron chi connectivity index (χ3n) is 5.87. The Labute approximate surface area is 220 Å². The zero-order valence-electron chi connectivity index (χ0n) is 20.6. The lowest BCUT2D eigenvalue weighted by Gasteiger charge is -2.15. The highest BCUT2D eigenvalue weighted by atomic mass is 35.5. The van der Waals surface area contributed by atoms with E-state index in [1.807, 2.05) is 80.6 Å². The number of rotatable bonds is 9. The minimum absolute atomic E-state index is 0.0961. The highest BCUT2D eigenvalue weighted by Crippen LogP contribution is 2.36. The summed E-state index contributed by atoms with van der Waals surface area (Å²) in [4.78, 5) is 21.5. The lowest BCUT2D eigenvalue weighted by molar-refractivity contribution is -0.115. The molecule has 36 heavy (non-hydrogen) atoms. The van der Waals surface area contributed by atoms with Gasteiger partial charge in [0.1, 0.15) is 11.5 Å². The number of ether oxygens (including phenoxy) is 2. The number of benzene rings is 3. The maximum atomic E-state index is 13.1. The molecule has 1 aromatic heterocycles. The van der Waals surface area contributed by atoms with Crippen LogP contribution in [0.5, 0.6) is 11.5 Å². The standard InChI is InChI=1S/C28H28ClN3O3S/c1-5-24(27(33)30-23-8-6-7-22(29)17(23)2)36-28-31-25(18-9-13-20(34-3)14-10-18)26(32-28)19-11-15-21(35-4)16-12-19/h6-16,24H,5H2,1-4H3,(H,30,33)(H,31,32). The second-order valence-corrected chi connectivity index (χ2v) is 9.74. The van der Waals surface area contributed by atoms with Gasteiger partial charge in [-0.25, -0.2) is 4.98 Å². The second-order valence-electron chi connectivity index (χ2n) is 8.14. The number of methoxy groups -OCH3 is 2. The number of anilines is 1. The van der Waals surface area contributed by atoms with E-state index >= 15 is 0 Å². The Balaban J connectivity index is 1.65. The highest BCUT2D eigenvalue weighted by Gasteiger charge is 2.23. The maximum Gasteiger partial charge on any atom is 0.237 e. The summed E-state index contributed by atoms with van der Waals surface area (Å²) in [5, 5.41) is 3.96. The molecule has 0 spiro atoms. The van der Waals surface area contributed by atoms with Gasteiger partial charge in [0.25, 0.3) is 0 Å². The molecule has 0 fully saturated rings. The highest BCUT2D eigenvalue weighted by molar-refractivity contribution is 8.00. The molecule has 0 saturated carbocycles. The Morgan fingerprint density at radius 3 is 2.19 bits per heavy atom. The monoisotopic (exact) mass is 521 g/mol. The van der Waals surface area contributed by atoms with E-state index in [-0.39, 0.29) is 11.2 Å². The summed E-state index contributed by atoms with van der Waals surface area (Å²) < 4.78 is 10.6. The number of H-pyrrole nitrogens is 1. The first kappa shape index (κ1) is 25.7. The van der Waals surface area contributed by atoms with E-state index in [1.165, 1.54) is 11.8 Å². The summed E-state index contributed by atoms with van der Waals surface area (Å²) in [5.74, 6) is 1.45. The molecule has 0 aliphatic heterocycles. The Bertz CT molecular complexity index is 1270. The Morgan fingerprint density at radius 1 is 1.00 bits per heavy atom. The molecule has 2 N–H and O–H groups in total. The van der Waals surface area contributed by atoms with E-state index in [2.05, 4.69) is 10.3 Å². The predicted octanol–water partition coefficient (Wildman–Crippen LogP) is 7.23. The average Bonchev–Trinajstić information content (AvgIpc) is 3.33. The minimum atomic E-state index is -0.345. The Kier molecular flexibility index (Phi) is 8.23. The molecule has 1 atom stereocenters. The quantitative estimate of drug-likeness (QED) is 0.227. The van der Waals surface area contributed by atoms with E-state index in [1.54, 1.807) is 14.2 Å². The van der Waals surface area contributed by atoms with Gasteiger partial charge in [0, 0.05) is 21.8 Å². The number of aromatic amines is 1. The van der Waals surface area contributed by atoms with Gasteiger partial charge in [-0.05, 0) is 79.6 Å². The molecule has 0 saturated heterocycles.